The van der Waals surface area contributed by atoms with E-state index in [9.17, 15) is 9.59 Å². The molecule has 0 atom stereocenters. The predicted octanol–water partition coefficient (Wildman–Crippen LogP) is 3.95. The maximum atomic E-state index is 12.1. The molecule has 0 aromatic heterocycles. The van der Waals surface area contributed by atoms with Gasteiger partial charge in [-0.25, -0.2) is 4.79 Å². The molecule has 0 fully saturated rings. The van der Waals surface area contributed by atoms with Crippen LogP contribution in [0.3, 0.4) is 0 Å². The Morgan fingerprint density at radius 1 is 1.10 bits per heavy atom. The lowest BCUT2D eigenvalue weighted by molar-refractivity contribution is 0.0474. The van der Waals surface area contributed by atoms with Gasteiger partial charge >= 0.3 is 5.97 Å². The van der Waals surface area contributed by atoms with Gasteiger partial charge in [0.1, 0.15) is 0 Å². The minimum atomic E-state index is -0.480. The Morgan fingerprint density at radius 3 is 2.52 bits per heavy atom. The smallest absolute Gasteiger partial charge is 0.338 e. The highest BCUT2D eigenvalue weighted by Gasteiger charge is 2.13. The van der Waals surface area contributed by atoms with E-state index in [0.29, 0.717) is 11.1 Å². The van der Waals surface area contributed by atoms with Crippen molar-refractivity contribution in [3.63, 3.8) is 0 Å². The van der Waals surface area contributed by atoms with Crippen molar-refractivity contribution in [2.75, 3.05) is 6.61 Å². The van der Waals surface area contributed by atoms with Crippen LogP contribution in [0.1, 0.15) is 31.8 Å². The van der Waals surface area contributed by atoms with E-state index in [1.165, 1.54) is 0 Å². The van der Waals surface area contributed by atoms with E-state index in [1.54, 1.807) is 24.3 Å². The Kier molecular flexibility index (Phi) is 5.12. The van der Waals surface area contributed by atoms with Gasteiger partial charge in [0.15, 0.2) is 6.61 Å². The van der Waals surface area contributed by atoms with E-state index in [1.807, 2.05) is 32.0 Å². The molecule has 0 aliphatic rings. The first-order chi connectivity index (χ1) is 9.97. The van der Waals surface area contributed by atoms with E-state index in [0.717, 1.165) is 14.7 Å². The molecule has 21 heavy (non-hydrogen) atoms. The lowest BCUT2D eigenvalue weighted by Crippen LogP contribution is -2.15. The fourth-order valence-corrected chi connectivity index (χ4v) is 2.58. The molecule has 0 heterocycles. The van der Waals surface area contributed by atoms with Crippen molar-refractivity contribution in [3.8, 4) is 0 Å². The summed E-state index contributed by atoms with van der Waals surface area (Å²) in [6.07, 6.45) is 0. The van der Waals surface area contributed by atoms with Crippen LogP contribution in [0.2, 0.25) is 0 Å². The van der Waals surface area contributed by atoms with Gasteiger partial charge in [0, 0.05) is 9.13 Å². The van der Waals surface area contributed by atoms with Gasteiger partial charge in [0.05, 0.1) is 5.56 Å². The van der Waals surface area contributed by atoms with Crippen molar-refractivity contribution in [1.29, 1.82) is 0 Å². The minimum absolute atomic E-state index is 0.188. The highest BCUT2D eigenvalue weighted by molar-refractivity contribution is 14.1. The third kappa shape index (κ3) is 4.14. The summed E-state index contributed by atoms with van der Waals surface area (Å²) in [5.74, 6) is -0.668. The number of rotatable bonds is 4. The highest BCUT2D eigenvalue weighted by Crippen LogP contribution is 2.13. The molecule has 0 radical (unpaired) electrons. The van der Waals surface area contributed by atoms with Gasteiger partial charge in [-0.3, -0.25) is 4.79 Å². The zero-order valence-electron chi connectivity index (χ0n) is 11.9. The van der Waals surface area contributed by atoms with E-state index >= 15 is 0 Å². The average Bonchev–Trinajstić information content (AvgIpc) is 2.44. The average molecular weight is 394 g/mol. The Labute approximate surface area is 137 Å². The van der Waals surface area contributed by atoms with Crippen molar-refractivity contribution >= 4 is 34.3 Å². The van der Waals surface area contributed by atoms with E-state index in [2.05, 4.69) is 22.6 Å². The zero-order chi connectivity index (χ0) is 15.4. The van der Waals surface area contributed by atoms with Crippen LogP contribution in [0.25, 0.3) is 0 Å². The molecule has 0 unspecified atom stereocenters. The van der Waals surface area contributed by atoms with Crippen LogP contribution in [0.15, 0.2) is 42.5 Å². The van der Waals surface area contributed by atoms with Gasteiger partial charge in [0.25, 0.3) is 0 Å². The number of hydrogen-bond donors (Lipinski definition) is 0. The van der Waals surface area contributed by atoms with Gasteiger partial charge < -0.3 is 4.74 Å². The number of benzene rings is 2. The molecule has 108 valence electrons. The van der Waals surface area contributed by atoms with Gasteiger partial charge in [-0.15, -0.1) is 0 Å². The maximum Gasteiger partial charge on any atom is 0.338 e. The monoisotopic (exact) mass is 394 g/mol. The van der Waals surface area contributed by atoms with Crippen molar-refractivity contribution < 1.29 is 14.3 Å². The molecule has 0 saturated carbocycles. The SMILES string of the molecule is Cc1ccc(C(=O)COC(=O)c2cccc(I)c2)c(C)c1. The molecule has 0 amide bonds. The molecule has 3 nitrogen and oxygen atoms in total. The number of aryl methyl sites for hydroxylation is 2. The summed E-state index contributed by atoms with van der Waals surface area (Å²) in [5.41, 5.74) is 3.04. The quantitative estimate of drug-likeness (QED) is 0.448. The molecule has 0 aliphatic carbocycles. The van der Waals surface area contributed by atoms with Crippen LogP contribution >= 0.6 is 22.6 Å². The number of halogens is 1. The largest absolute Gasteiger partial charge is 0.454 e. The normalized spacial score (nSPS) is 10.2. The summed E-state index contributed by atoms with van der Waals surface area (Å²) in [6.45, 7) is 3.61. The number of ketones is 1. The van der Waals surface area contributed by atoms with Crippen molar-refractivity contribution in [2.24, 2.45) is 0 Å². The van der Waals surface area contributed by atoms with Crippen molar-refractivity contribution in [1.82, 2.24) is 0 Å². The highest BCUT2D eigenvalue weighted by atomic mass is 127. The Bertz CT molecular complexity index is 692. The van der Waals surface area contributed by atoms with Gasteiger partial charge in [-0.05, 0) is 60.2 Å². The molecule has 2 rings (SSSR count). The predicted molar refractivity (Wildman–Crippen MR) is 89.7 cm³/mol. The van der Waals surface area contributed by atoms with Crippen LogP contribution in [-0.2, 0) is 4.74 Å². The first kappa shape index (κ1) is 15.7. The van der Waals surface area contributed by atoms with Crippen LogP contribution < -0.4 is 0 Å². The molecular weight excluding hydrogens is 379 g/mol. The molecule has 2 aromatic rings. The second kappa shape index (κ2) is 6.85. The molecule has 0 spiro atoms. The number of esters is 1. The summed E-state index contributed by atoms with van der Waals surface area (Å²) >= 11 is 2.12. The third-order valence-electron chi connectivity index (χ3n) is 3.08. The second-order valence-electron chi connectivity index (χ2n) is 4.83. The van der Waals surface area contributed by atoms with Gasteiger partial charge in [-0.2, -0.15) is 0 Å². The summed E-state index contributed by atoms with van der Waals surface area (Å²) in [6, 6.07) is 12.7. The summed E-state index contributed by atoms with van der Waals surface area (Å²) in [5, 5.41) is 0. The lowest BCUT2D eigenvalue weighted by atomic mass is 10.0. The molecule has 2 aromatic carbocycles. The van der Waals surface area contributed by atoms with E-state index < -0.39 is 5.97 Å². The van der Waals surface area contributed by atoms with Crippen LogP contribution in [0.4, 0.5) is 0 Å². The van der Waals surface area contributed by atoms with Crippen molar-refractivity contribution in [3.05, 3.63) is 68.3 Å². The van der Waals surface area contributed by atoms with E-state index in [-0.39, 0.29) is 12.4 Å². The van der Waals surface area contributed by atoms with Crippen LogP contribution in [0.5, 0.6) is 0 Å². The fraction of sp³-hybridized carbons (Fsp3) is 0.176. The number of Topliss-reactive ketones (excluding diaryl/α,β-unsaturated/α-hetero) is 1. The number of carbonyl (C=O) groups excluding carboxylic acids is 2. The fourth-order valence-electron chi connectivity index (χ4n) is 2.03. The summed E-state index contributed by atoms with van der Waals surface area (Å²) in [4.78, 5) is 24.0. The standard InChI is InChI=1S/C17H15IO3/c1-11-6-7-15(12(2)8-11)16(19)10-21-17(20)13-4-3-5-14(18)9-13/h3-9H,10H2,1-2H3. The molecule has 0 aliphatic heterocycles. The Hall–Kier alpha value is -1.69. The number of hydrogen-bond acceptors (Lipinski definition) is 3. The van der Waals surface area contributed by atoms with Crippen molar-refractivity contribution in [2.45, 2.75) is 13.8 Å². The molecule has 4 heteroatoms. The molecular formula is C17H15IO3. The van der Waals surface area contributed by atoms with E-state index in [4.69, 9.17) is 4.74 Å². The second-order valence-corrected chi connectivity index (χ2v) is 6.07. The third-order valence-corrected chi connectivity index (χ3v) is 3.75. The topological polar surface area (TPSA) is 43.4 Å². The Morgan fingerprint density at radius 2 is 1.86 bits per heavy atom. The number of carbonyl (C=O) groups is 2. The molecule has 0 bridgehead atoms. The first-order valence-corrected chi connectivity index (χ1v) is 7.58. The summed E-state index contributed by atoms with van der Waals surface area (Å²) < 4.78 is 6.04. The maximum absolute atomic E-state index is 12.1. The summed E-state index contributed by atoms with van der Waals surface area (Å²) in [7, 11) is 0. The number of ether oxygens (including phenoxy) is 1. The van der Waals surface area contributed by atoms with Gasteiger partial charge in [-0.1, -0.05) is 29.8 Å². The molecule has 0 saturated heterocycles. The minimum Gasteiger partial charge on any atom is -0.454 e. The lowest BCUT2D eigenvalue weighted by Gasteiger charge is -2.07. The van der Waals surface area contributed by atoms with Gasteiger partial charge in [0.2, 0.25) is 5.78 Å². The zero-order valence-corrected chi connectivity index (χ0v) is 14.0. The first-order valence-electron chi connectivity index (χ1n) is 6.50. The Balaban J connectivity index is 2.02. The van der Waals surface area contributed by atoms with Crippen LogP contribution in [-0.4, -0.2) is 18.4 Å². The van der Waals surface area contributed by atoms with Crippen LogP contribution in [0, 0.1) is 17.4 Å². The molecule has 0 N–H and O–H groups in total.